The molecule has 1 aromatic rings. The van der Waals surface area contributed by atoms with Crippen molar-refractivity contribution in [1.82, 2.24) is 5.32 Å². The van der Waals surface area contributed by atoms with Crippen molar-refractivity contribution < 1.29 is 15.0 Å². The number of carbonyl (C=O) groups is 1. The topological polar surface area (TPSA) is 108 Å². The van der Waals surface area contributed by atoms with Gasteiger partial charge in [0.05, 0.1) is 0 Å². The Morgan fingerprint density at radius 1 is 1.42 bits per heavy atom. The Bertz CT molecular complexity index is 467. The molecule has 0 fully saturated rings. The van der Waals surface area contributed by atoms with Crippen LogP contribution < -0.4 is 16.4 Å². The van der Waals surface area contributed by atoms with Crippen LogP contribution in [0.15, 0.2) is 24.3 Å². The number of hydrogen-bond acceptors (Lipinski definition) is 4. The normalized spacial score (nSPS) is 13.4. The van der Waals surface area contributed by atoms with E-state index in [1.807, 2.05) is 0 Å². The summed E-state index contributed by atoms with van der Waals surface area (Å²) in [6.07, 6.45) is -2.29. The summed E-state index contributed by atoms with van der Waals surface area (Å²) in [5, 5.41) is 25.1. The first-order valence-corrected chi connectivity index (χ1v) is 6.08. The lowest BCUT2D eigenvalue weighted by atomic mass is 10.0. The molecule has 1 amide bonds. The number of rotatable bonds is 5. The minimum absolute atomic E-state index is 0.0437. The van der Waals surface area contributed by atoms with Gasteiger partial charge in [0.25, 0.3) is 0 Å². The molecule has 1 rings (SSSR count). The van der Waals surface area contributed by atoms with Gasteiger partial charge < -0.3 is 26.6 Å². The molecule has 0 aromatic heterocycles. The number of thiocarbonyl (C=S) groups is 1. The van der Waals surface area contributed by atoms with Crippen LogP contribution in [0.4, 0.5) is 5.69 Å². The molecule has 19 heavy (non-hydrogen) atoms. The third-order valence-corrected chi connectivity index (χ3v) is 2.56. The number of benzene rings is 1. The predicted molar refractivity (Wildman–Crippen MR) is 76.5 cm³/mol. The monoisotopic (exact) mass is 283 g/mol. The Balaban J connectivity index is 2.83. The van der Waals surface area contributed by atoms with Gasteiger partial charge in [0.1, 0.15) is 12.2 Å². The van der Waals surface area contributed by atoms with E-state index < -0.39 is 12.2 Å². The first kappa shape index (κ1) is 15.4. The van der Waals surface area contributed by atoms with Crippen LogP contribution in [0.3, 0.4) is 0 Å². The minimum Gasteiger partial charge on any atom is -0.388 e. The second-order valence-electron chi connectivity index (χ2n) is 4.03. The van der Waals surface area contributed by atoms with Crippen LogP contribution in [0.2, 0.25) is 0 Å². The molecule has 0 spiro atoms. The lowest BCUT2D eigenvalue weighted by Crippen LogP contribution is -2.34. The molecule has 6 N–H and O–H groups in total. The molecule has 0 aliphatic rings. The van der Waals surface area contributed by atoms with Crippen molar-refractivity contribution >= 4 is 28.9 Å². The van der Waals surface area contributed by atoms with Crippen LogP contribution in [-0.2, 0) is 4.79 Å². The van der Waals surface area contributed by atoms with E-state index in [2.05, 4.69) is 10.6 Å². The quantitative estimate of drug-likeness (QED) is 0.482. The fourth-order valence-corrected chi connectivity index (χ4v) is 1.68. The van der Waals surface area contributed by atoms with Gasteiger partial charge >= 0.3 is 0 Å². The highest BCUT2D eigenvalue weighted by molar-refractivity contribution is 7.80. The van der Waals surface area contributed by atoms with Gasteiger partial charge in [-0.05, 0) is 18.3 Å². The Labute approximate surface area is 116 Å². The Hall–Kier alpha value is -1.70. The van der Waals surface area contributed by atoms with Crippen molar-refractivity contribution in [2.75, 3.05) is 11.9 Å². The SMILES string of the molecule is CC(=O)NCC(O)C(O)c1ccccc1NC(N)=S. The average Bonchev–Trinajstić information content (AvgIpc) is 2.35. The number of nitrogens with two attached hydrogens (primary N) is 1. The molecule has 0 saturated heterocycles. The highest BCUT2D eigenvalue weighted by Crippen LogP contribution is 2.25. The maximum absolute atomic E-state index is 10.8. The van der Waals surface area contributed by atoms with E-state index in [1.54, 1.807) is 24.3 Å². The average molecular weight is 283 g/mol. The van der Waals surface area contributed by atoms with Crippen molar-refractivity contribution in [3.63, 3.8) is 0 Å². The van der Waals surface area contributed by atoms with Crippen LogP contribution in [0, 0.1) is 0 Å². The molecule has 2 unspecified atom stereocenters. The zero-order valence-corrected chi connectivity index (χ0v) is 11.3. The van der Waals surface area contributed by atoms with Gasteiger partial charge in [-0.1, -0.05) is 18.2 Å². The predicted octanol–water partition coefficient (Wildman–Crippen LogP) is -0.128. The largest absolute Gasteiger partial charge is 0.388 e. The lowest BCUT2D eigenvalue weighted by Gasteiger charge is -2.21. The molecular weight excluding hydrogens is 266 g/mol. The summed E-state index contributed by atoms with van der Waals surface area (Å²) in [5.74, 6) is -0.277. The summed E-state index contributed by atoms with van der Waals surface area (Å²) < 4.78 is 0. The van der Waals surface area contributed by atoms with Gasteiger partial charge in [-0.3, -0.25) is 4.79 Å². The fourth-order valence-electron chi connectivity index (χ4n) is 1.57. The molecule has 6 nitrogen and oxygen atoms in total. The fraction of sp³-hybridized carbons (Fsp3) is 0.333. The van der Waals surface area contributed by atoms with Gasteiger partial charge in [0.15, 0.2) is 5.11 Å². The lowest BCUT2D eigenvalue weighted by molar-refractivity contribution is -0.119. The van der Waals surface area contributed by atoms with E-state index in [-0.39, 0.29) is 17.6 Å². The van der Waals surface area contributed by atoms with E-state index in [0.29, 0.717) is 11.3 Å². The first-order chi connectivity index (χ1) is 8.91. The third-order valence-electron chi connectivity index (χ3n) is 2.46. The number of anilines is 1. The highest BCUT2D eigenvalue weighted by Gasteiger charge is 2.21. The van der Waals surface area contributed by atoms with Gasteiger partial charge in [-0.2, -0.15) is 0 Å². The minimum atomic E-state index is -1.16. The number of aliphatic hydroxyl groups excluding tert-OH is 2. The van der Waals surface area contributed by atoms with Crippen LogP contribution >= 0.6 is 12.2 Å². The van der Waals surface area contributed by atoms with Gasteiger partial charge in [0.2, 0.25) is 5.91 Å². The maximum Gasteiger partial charge on any atom is 0.216 e. The van der Waals surface area contributed by atoms with Crippen molar-refractivity contribution in [3.8, 4) is 0 Å². The molecule has 1 aromatic carbocycles. The second-order valence-corrected chi connectivity index (χ2v) is 4.47. The Kier molecular flexibility index (Phi) is 5.68. The van der Waals surface area contributed by atoms with E-state index in [0.717, 1.165) is 0 Å². The second kappa shape index (κ2) is 7.03. The summed E-state index contributed by atoms with van der Waals surface area (Å²) in [7, 11) is 0. The molecular formula is C12H17N3O3S. The molecule has 104 valence electrons. The van der Waals surface area contributed by atoms with Crippen LogP contribution in [-0.4, -0.2) is 33.9 Å². The van der Waals surface area contributed by atoms with Crippen LogP contribution in [0.25, 0.3) is 0 Å². The number of hydrogen-bond donors (Lipinski definition) is 5. The Morgan fingerprint density at radius 2 is 2.05 bits per heavy atom. The van der Waals surface area contributed by atoms with Crippen molar-refractivity contribution in [1.29, 1.82) is 0 Å². The highest BCUT2D eigenvalue weighted by atomic mass is 32.1. The van der Waals surface area contributed by atoms with Gasteiger partial charge in [-0.25, -0.2) is 0 Å². The summed E-state index contributed by atoms with van der Waals surface area (Å²) in [6, 6.07) is 6.79. The van der Waals surface area contributed by atoms with Crippen LogP contribution in [0.5, 0.6) is 0 Å². The van der Waals surface area contributed by atoms with Crippen molar-refractivity contribution in [2.24, 2.45) is 5.73 Å². The van der Waals surface area contributed by atoms with Gasteiger partial charge in [-0.15, -0.1) is 0 Å². The van der Waals surface area contributed by atoms with Crippen molar-refractivity contribution in [2.45, 2.75) is 19.1 Å². The molecule has 7 heteroatoms. The molecule has 0 heterocycles. The molecule has 2 atom stereocenters. The Morgan fingerprint density at radius 3 is 2.63 bits per heavy atom. The first-order valence-electron chi connectivity index (χ1n) is 5.67. The number of para-hydroxylation sites is 1. The van der Waals surface area contributed by atoms with E-state index >= 15 is 0 Å². The summed E-state index contributed by atoms with van der Waals surface area (Å²) >= 11 is 4.74. The van der Waals surface area contributed by atoms with Crippen LogP contribution in [0.1, 0.15) is 18.6 Å². The third kappa shape index (κ3) is 4.82. The van der Waals surface area contributed by atoms with Gasteiger partial charge in [0, 0.05) is 24.7 Å². The number of carbonyl (C=O) groups excluding carboxylic acids is 1. The number of amides is 1. The molecule has 0 saturated carbocycles. The van der Waals surface area contributed by atoms with E-state index in [9.17, 15) is 15.0 Å². The number of aliphatic hydroxyl groups is 2. The summed E-state index contributed by atoms with van der Waals surface area (Å²) in [5.41, 5.74) is 6.36. The standard InChI is InChI=1S/C12H17N3O3S/c1-7(16)14-6-10(17)11(18)8-4-2-3-5-9(8)15-12(13)19/h2-5,10-11,17-18H,6H2,1H3,(H,14,16)(H3,13,15,19). The molecule has 0 aliphatic heterocycles. The summed E-state index contributed by atoms with van der Waals surface area (Å²) in [4.78, 5) is 10.8. The smallest absolute Gasteiger partial charge is 0.216 e. The zero-order valence-electron chi connectivity index (χ0n) is 10.5. The molecule has 0 radical (unpaired) electrons. The number of nitrogens with one attached hydrogen (secondary N) is 2. The summed E-state index contributed by atoms with van der Waals surface area (Å²) in [6.45, 7) is 1.29. The molecule has 0 bridgehead atoms. The molecule has 0 aliphatic carbocycles. The van der Waals surface area contributed by atoms with E-state index in [1.165, 1.54) is 6.92 Å². The zero-order chi connectivity index (χ0) is 14.4. The maximum atomic E-state index is 10.8. The van der Waals surface area contributed by atoms with Crippen molar-refractivity contribution in [3.05, 3.63) is 29.8 Å². The van der Waals surface area contributed by atoms with E-state index in [4.69, 9.17) is 18.0 Å².